The average molecular weight is 363 g/mol. The smallest absolute Gasteiger partial charge is 0.259 e. The fourth-order valence-electron chi connectivity index (χ4n) is 3.67. The molecule has 1 fully saturated rings. The minimum absolute atomic E-state index is 0.0639. The van der Waals surface area contributed by atoms with Crippen LogP contribution in [0.2, 0.25) is 0 Å². The number of hydrogen-bond acceptors (Lipinski definition) is 5. The highest BCUT2D eigenvalue weighted by Crippen LogP contribution is 2.33. The van der Waals surface area contributed by atoms with E-state index in [-0.39, 0.29) is 11.8 Å². The van der Waals surface area contributed by atoms with Crippen molar-refractivity contribution in [2.75, 3.05) is 31.1 Å². The summed E-state index contributed by atoms with van der Waals surface area (Å²) in [5.41, 5.74) is 1.99. The molecule has 0 N–H and O–H groups in total. The molecule has 4 rings (SSSR count). The maximum Gasteiger partial charge on any atom is 0.259 e. The molecule has 0 bridgehead atoms. The van der Waals surface area contributed by atoms with E-state index in [1.165, 1.54) is 4.90 Å². The zero-order chi connectivity index (χ0) is 19.0. The Balaban J connectivity index is 1.44. The molecule has 138 valence electrons. The molecule has 1 aromatic heterocycles. The van der Waals surface area contributed by atoms with E-state index >= 15 is 0 Å². The van der Waals surface area contributed by atoms with Gasteiger partial charge in [-0.15, -0.1) is 0 Å². The number of fused-ring (bicyclic) bond motifs is 1. The minimum atomic E-state index is -0.586. The Morgan fingerprint density at radius 2 is 1.67 bits per heavy atom. The van der Waals surface area contributed by atoms with E-state index in [1.807, 2.05) is 18.2 Å². The predicted octanol–water partition coefficient (Wildman–Crippen LogP) is 1.64. The van der Waals surface area contributed by atoms with Crippen LogP contribution in [0, 0.1) is 0 Å². The third-order valence-electron chi connectivity index (χ3n) is 5.15. The van der Waals surface area contributed by atoms with Gasteiger partial charge >= 0.3 is 0 Å². The summed E-state index contributed by atoms with van der Waals surface area (Å²) >= 11 is 0. The quantitative estimate of drug-likeness (QED) is 0.829. The molecule has 0 saturated carbocycles. The standard InChI is InChI=1S/C20H21N5O2/c1-14-16-6-3-4-7-17(16)19(27)25(14)15(2)18(26)23-10-12-24(13-11-23)20-21-8-5-9-22-20/h3-9,15H,1,10-13H2,2H3/t15-/m1/s1. The number of hydrogen-bond donors (Lipinski definition) is 0. The highest BCUT2D eigenvalue weighted by atomic mass is 16.2. The van der Waals surface area contributed by atoms with Gasteiger partial charge < -0.3 is 9.80 Å². The number of nitrogens with zero attached hydrogens (tertiary/aromatic N) is 5. The van der Waals surface area contributed by atoms with Crippen LogP contribution in [0.1, 0.15) is 22.8 Å². The Labute approximate surface area is 157 Å². The summed E-state index contributed by atoms with van der Waals surface area (Å²) < 4.78 is 0. The third-order valence-corrected chi connectivity index (χ3v) is 5.15. The number of piperazine rings is 1. The van der Waals surface area contributed by atoms with E-state index < -0.39 is 6.04 Å². The zero-order valence-electron chi connectivity index (χ0n) is 15.2. The molecule has 7 nitrogen and oxygen atoms in total. The van der Waals surface area contributed by atoms with Gasteiger partial charge in [-0.3, -0.25) is 14.5 Å². The molecule has 2 amide bonds. The lowest BCUT2D eigenvalue weighted by molar-refractivity contribution is -0.134. The van der Waals surface area contributed by atoms with E-state index in [1.54, 1.807) is 36.4 Å². The summed E-state index contributed by atoms with van der Waals surface area (Å²) in [4.78, 5) is 39.6. The molecule has 7 heteroatoms. The fraction of sp³-hybridized carbons (Fsp3) is 0.300. The minimum Gasteiger partial charge on any atom is -0.337 e. The first-order chi connectivity index (χ1) is 13.1. The Hall–Kier alpha value is -3.22. The van der Waals surface area contributed by atoms with E-state index in [0.717, 1.165) is 5.56 Å². The second-order valence-electron chi connectivity index (χ2n) is 6.70. The topological polar surface area (TPSA) is 69.6 Å². The number of carbonyl (C=O) groups excluding carboxylic acids is 2. The molecule has 27 heavy (non-hydrogen) atoms. The lowest BCUT2D eigenvalue weighted by Gasteiger charge is -2.37. The van der Waals surface area contributed by atoms with Gasteiger partial charge in [0.25, 0.3) is 5.91 Å². The Bertz CT molecular complexity index is 855. The van der Waals surface area contributed by atoms with Gasteiger partial charge in [0, 0.05) is 55.4 Å². The molecule has 2 aliphatic rings. The van der Waals surface area contributed by atoms with Crippen LogP contribution in [-0.4, -0.2) is 63.8 Å². The van der Waals surface area contributed by atoms with Crippen molar-refractivity contribution in [1.29, 1.82) is 0 Å². The van der Waals surface area contributed by atoms with Crippen LogP contribution in [0.5, 0.6) is 0 Å². The molecule has 0 radical (unpaired) electrons. The van der Waals surface area contributed by atoms with E-state index in [0.29, 0.717) is 43.4 Å². The van der Waals surface area contributed by atoms with Crippen LogP contribution in [0.4, 0.5) is 5.95 Å². The number of aromatic nitrogens is 2. The molecule has 1 atom stereocenters. The maximum absolute atomic E-state index is 13.0. The number of anilines is 1. The number of rotatable bonds is 3. The fourth-order valence-corrected chi connectivity index (χ4v) is 3.67. The van der Waals surface area contributed by atoms with Crippen molar-refractivity contribution in [3.8, 4) is 0 Å². The molecule has 3 heterocycles. The molecule has 0 aliphatic carbocycles. The van der Waals surface area contributed by atoms with Crippen LogP contribution in [-0.2, 0) is 4.79 Å². The maximum atomic E-state index is 13.0. The number of benzene rings is 1. The summed E-state index contributed by atoms with van der Waals surface area (Å²) in [5.74, 6) is 0.454. The van der Waals surface area contributed by atoms with Gasteiger partial charge in [0.1, 0.15) is 6.04 Å². The first kappa shape index (κ1) is 17.2. The number of carbonyl (C=O) groups is 2. The van der Waals surface area contributed by atoms with Crippen molar-refractivity contribution >= 4 is 23.5 Å². The summed E-state index contributed by atoms with van der Waals surface area (Å²) in [5, 5.41) is 0. The Morgan fingerprint density at radius 3 is 2.30 bits per heavy atom. The van der Waals surface area contributed by atoms with Gasteiger partial charge in [0.15, 0.2) is 0 Å². The van der Waals surface area contributed by atoms with Crippen LogP contribution >= 0.6 is 0 Å². The summed E-state index contributed by atoms with van der Waals surface area (Å²) in [6, 6.07) is 8.53. The molecule has 1 aromatic carbocycles. The molecule has 2 aromatic rings. The SMILES string of the molecule is C=C1c2ccccc2C(=O)N1[C@H](C)C(=O)N1CCN(c2ncccn2)CC1. The van der Waals surface area contributed by atoms with E-state index in [9.17, 15) is 9.59 Å². The molecule has 1 saturated heterocycles. The van der Waals surface area contributed by atoms with Crippen molar-refractivity contribution in [2.24, 2.45) is 0 Å². The van der Waals surface area contributed by atoms with Crippen molar-refractivity contribution < 1.29 is 9.59 Å². The van der Waals surface area contributed by atoms with Gasteiger partial charge in [-0.1, -0.05) is 24.8 Å². The van der Waals surface area contributed by atoms with Crippen LogP contribution in [0.25, 0.3) is 5.70 Å². The first-order valence-corrected chi connectivity index (χ1v) is 9.00. The van der Waals surface area contributed by atoms with Crippen molar-refractivity contribution in [2.45, 2.75) is 13.0 Å². The number of amides is 2. The average Bonchev–Trinajstić information content (AvgIpc) is 2.98. The third kappa shape index (κ3) is 2.95. The summed E-state index contributed by atoms with van der Waals surface area (Å²) in [6.45, 7) is 8.28. The second kappa shape index (κ2) is 6.83. The lowest BCUT2D eigenvalue weighted by atomic mass is 10.1. The van der Waals surface area contributed by atoms with Crippen molar-refractivity contribution in [3.05, 3.63) is 60.4 Å². The molecule has 0 unspecified atom stereocenters. The highest BCUT2D eigenvalue weighted by Gasteiger charge is 2.38. The summed E-state index contributed by atoms with van der Waals surface area (Å²) in [6.07, 6.45) is 3.42. The Morgan fingerprint density at radius 1 is 1.04 bits per heavy atom. The molecule has 0 spiro atoms. The van der Waals surface area contributed by atoms with Gasteiger partial charge in [-0.05, 0) is 19.1 Å². The molecule has 2 aliphatic heterocycles. The van der Waals surface area contributed by atoms with Gasteiger partial charge in [-0.2, -0.15) is 0 Å². The largest absolute Gasteiger partial charge is 0.337 e. The van der Waals surface area contributed by atoms with Crippen LogP contribution < -0.4 is 4.90 Å². The lowest BCUT2D eigenvalue weighted by Crippen LogP contribution is -2.54. The first-order valence-electron chi connectivity index (χ1n) is 9.00. The van der Waals surface area contributed by atoms with Crippen molar-refractivity contribution in [1.82, 2.24) is 19.8 Å². The predicted molar refractivity (Wildman–Crippen MR) is 102 cm³/mol. The van der Waals surface area contributed by atoms with Gasteiger partial charge in [-0.25, -0.2) is 9.97 Å². The van der Waals surface area contributed by atoms with E-state index in [4.69, 9.17) is 0 Å². The van der Waals surface area contributed by atoms with E-state index in [2.05, 4.69) is 21.4 Å². The Kier molecular flexibility index (Phi) is 4.35. The van der Waals surface area contributed by atoms with Crippen LogP contribution in [0.15, 0.2) is 49.3 Å². The normalized spacial score (nSPS) is 17.9. The monoisotopic (exact) mass is 363 g/mol. The zero-order valence-corrected chi connectivity index (χ0v) is 15.2. The van der Waals surface area contributed by atoms with Crippen LogP contribution in [0.3, 0.4) is 0 Å². The van der Waals surface area contributed by atoms with Crippen molar-refractivity contribution in [3.63, 3.8) is 0 Å². The van der Waals surface area contributed by atoms with Gasteiger partial charge in [0.2, 0.25) is 11.9 Å². The molecular weight excluding hydrogens is 342 g/mol. The summed E-state index contributed by atoms with van der Waals surface area (Å²) in [7, 11) is 0. The molecular formula is C20H21N5O2. The highest BCUT2D eigenvalue weighted by molar-refractivity contribution is 6.10. The van der Waals surface area contributed by atoms with Gasteiger partial charge in [0.05, 0.1) is 0 Å². The second-order valence-corrected chi connectivity index (χ2v) is 6.70.